The molecular formula is C9H6F3NO4. The van der Waals surface area contributed by atoms with E-state index in [1.54, 1.807) is 0 Å². The third kappa shape index (κ3) is 3.16. The van der Waals surface area contributed by atoms with Gasteiger partial charge >= 0.3 is 12.1 Å². The lowest BCUT2D eigenvalue weighted by molar-refractivity contribution is -0.385. The van der Waals surface area contributed by atoms with Crippen molar-refractivity contribution in [2.75, 3.05) is 0 Å². The molecule has 0 aliphatic carbocycles. The van der Waals surface area contributed by atoms with Gasteiger partial charge in [-0.3, -0.25) is 14.9 Å². The Kier molecular flexibility index (Phi) is 3.35. The first-order valence-electron chi connectivity index (χ1n) is 4.28. The van der Waals surface area contributed by atoms with Gasteiger partial charge < -0.3 is 5.11 Å². The van der Waals surface area contributed by atoms with Gasteiger partial charge in [-0.05, 0) is 6.07 Å². The summed E-state index contributed by atoms with van der Waals surface area (Å²) in [6.45, 7) is 0. The minimum absolute atomic E-state index is 0.268. The zero-order valence-corrected chi connectivity index (χ0v) is 8.19. The van der Waals surface area contributed by atoms with Crippen molar-refractivity contribution in [2.24, 2.45) is 0 Å². The summed E-state index contributed by atoms with van der Waals surface area (Å²) in [5, 5.41) is 19.0. The van der Waals surface area contributed by atoms with Gasteiger partial charge in [0.15, 0.2) is 0 Å². The van der Waals surface area contributed by atoms with Gasteiger partial charge in [0, 0.05) is 11.6 Å². The number of rotatable bonds is 3. The number of alkyl halides is 3. The standard InChI is InChI=1S/C9H6F3NO4/c10-9(11,12)6-2-1-5(3-8(14)15)7(4-6)13(16)17/h1-2,4H,3H2,(H,14,15). The summed E-state index contributed by atoms with van der Waals surface area (Å²) in [5.74, 6) is -1.35. The van der Waals surface area contributed by atoms with Gasteiger partial charge in [0.2, 0.25) is 0 Å². The molecule has 0 bridgehead atoms. The number of hydrogen-bond acceptors (Lipinski definition) is 3. The van der Waals surface area contributed by atoms with Crippen LogP contribution in [0.25, 0.3) is 0 Å². The van der Waals surface area contributed by atoms with E-state index in [-0.39, 0.29) is 5.56 Å². The van der Waals surface area contributed by atoms with Crippen LogP contribution in [0.15, 0.2) is 18.2 Å². The lowest BCUT2D eigenvalue weighted by Gasteiger charge is -2.07. The maximum Gasteiger partial charge on any atom is 0.416 e. The molecule has 0 saturated heterocycles. The Morgan fingerprint density at radius 2 is 2.00 bits per heavy atom. The van der Waals surface area contributed by atoms with Crippen LogP contribution in [0.5, 0.6) is 0 Å². The van der Waals surface area contributed by atoms with E-state index in [0.29, 0.717) is 12.1 Å². The molecule has 0 aliphatic rings. The number of nitro groups is 1. The first-order chi connectivity index (χ1) is 7.71. The van der Waals surface area contributed by atoms with Crippen molar-refractivity contribution < 1.29 is 28.0 Å². The number of carbonyl (C=O) groups is 1. The monoisotopic (exact) mass is 249 g/mol. The van der Waals surface area contributed by atoms with Gasteiger partial charge in [-0.25, -0.2) is 0 Å². The number of carboxylic acid groups (broad SMARTS) is 1. The summed E-state index contributed by atoms with van der Waals surface area (Å²) in [4.78, 5) is 19.9. The fraction of sp³-hybridized carbons (Fsp3) is 0.222. The second-order valence-electron chi connectivity index (χ2n) is 3.17. The summed E-state index contributed by atoms with van der Waals surface area (Å²) < 4.78 is 36.9. The van der Waals surface area contributed by atoms with Crippen molar-refractivity contribution in [1.82, 2.24) is 0 Å². The van der Waals surface area contributed by atoms with Crippen LogP contribution in [0, 0.1) is 10.1 Å². The maximum atomic E-state index is 12.3. The second-order valence-corrected chi connectivity index (χ2v) is 3.17. The van der Waals surface area contributed by atoms with Crippen LogP contribution in [0.2, 0.25) is 0 Å². The number of nitro benzene ring substituents is 1. The molecule has 0 aliphatic heterocycles. The molecule has 0 saturated carbocycles. The van der Waals surface area contributed by atoms with E-state index < -0.39 is 34.7 Å². The first kappa shape index (κ1) is 12.9. The molecule has 8 heteroatoms. The van der Waals surface area contributed by atoms with E-state index in [2.05, 4.69) is 0 Å². The Bertz CT molecular complexity index is 470. The zero-order chi connectivity index (χ0) is 13.2. The Morgan fingerprint density at radius 3 is 2.41 bits per heavy atom. The molecular weight excluding hydrogens is 243 g/mol. The van der Waals surface area contributed by atoms with Gasteiger partial charge in [0.25, 0.3) is 5.69 Å². The molecule has 1 rings (SSSR count). The van der Waals surface area contributed by atoms with Gasteiger partial charge in [-0.1, -0.05) is 6.07 Å². The third-order valence-electron chi connectivity index (χ3n) is 1.95. The van der Waals surface area contributed by atoms with E-state index in [9.17, 15) is 28.1 Å². The molecule has 17 heavy (non-hydrogen) atoms. The second kappa shape index (κ2) is 4.40. The Hall–Kier alpha value is -2.12. The third-order valence-corrected chi connectivity index (χ3v) is 1.95. The van der Waals surface area contributed by atoms with Crippen molar-refractivity contribution in [1.29, 1.82) is 0 Å². The van der Waals surface area contributed by atoms with Gasteiger partial charge in [-0.15, -0.1) is 0 Å². The number of aliphatic carboxylic acids is 1. The van der Waals surface area contributed by atoms with Crippen molar-refractivity contribution in [3.05, 3.63) is 39.4 Å². The fourth-order valence-electron chi connectivity index (χ4n) is 1.22. The molecule has 0 atom stereocenters. The lowest BCUT2D eigenvalue weighted by atomic mass is 10.1. The van der Waals surface area contributed by atoms with Crippen LogP contribution in [0.4, 0.5) is 18.9 Å². The van der Waals surface area contributed by atoms with Crippen LogP contribution >= 0.6 is 0 Å². The summed E-state index contributed by atoms with van der Waals surface area (Å²) in [5.41, 5.74) is -2.30. The molecule has 1 N–H and O–H groups in total. The molecule has 5 nitrogen and oxygen atoms in total. The lowest BCUT2D eigenvalue weighted by Crippen LogP contribution is -2.08. The van der Waals surface area contributed by atoms with E-state index in [4.69, 9.17) is 5.11 Å². The Morgan fingerprint density at radius 1 is 1.41 bits per heavy atom. The highest BCUT2D eigenvalue weighted by Crippen LogP contribution is 2.33. The largest absolute Gasteiger partial charge is 0.481 e. The molecule has 1 aromatic rings. The van der Waals surface area contributed by atoms with Crippen LogP contribution < -0.4 is 0 Å². The van der Waals surface area contributed by atoms with Gasteiger partial charge in [-0.2, -0.15) is 13.2 Å². The van der Waals surface area contributed by atoms with E-state index in [1.807, 2.05) is 0 Å². The van der Waals surface area contributed by atoms with Crippen molar-refractivity contribution >= 4 is 11.7 Å². The summed E-state index contributed by atoms with van der Waals surface area (Å²) in [7, 11) is 0. The Balaban J connectivity index is 3.27. The highest BCUT2D eigenvalue weighted by Gasteiger charge is 2.33. The number of benzene rings is 1. The summed E-state index contributed by atoms with van der Waals surface area (Å²) in [6, 6.07) is 1.75. The number of hydrogen-bond donors (Lipinski definition) is 1. The topological polar surface area (TPSA) is 80.4 Å². The van der Waals surface area contributed by atoms with E-state index in [1.165, 1.54) is 0 Å². The molecule has 0 radical (unpaired) electrons. The minimum atomic E-state index is -4.70. The van der Waals surface area contributed by atoms with Crippen LogP contribution in [-0.4, -0.2) is 16.0 Å². The fourth-order valence-corrected chi connectivity index (χ4v) is 1.22. The first-order valence-corrected chi connectivity index (χ1v) is 4.28. The van der Waals surface area contributed by atoms with Crippen LogP contribution in [0.1, 0.15) is 11.1 Å². The molecule has 0 aromatic heterocycles. The minimum Gasteiger partial charge on any atom is -0.481 e. The van der Waals surface area contributed by atoms with Gasteiger partial charge in [0.1, 0.15) is 0 Å². The molecule has 0 unspecified atom stereocenters. The normalized spacial score (nSPS) is 11.2. The van der Waals surface area contributed by atoms with Crippen LogP contribution in [-0.2, 0) is 17.4 Å². The highest BCUT2D eigenvalue weighted by atomic mass is 19.4. The predicted octanol–water partition coefficient (Wildman–Crippen LogP) is 2.24. The highest BCUT2D eigenvalue weighted by molar-refractivity contribution is 5.72. The zero-order valence-electron chi connectivity index (χ0n) is 8.19. The number of carboxylic acids is 1. The Labute approximate surface area is 92.6 Å². The smallest absolute Gasteiger partial charge is 0.416 e. The molecule has 0 amide bonds. The van der Waals surface area contributed by atoms with Crippen LogP contribution in [0.3, 0.4) is 0 Å². The average Bonchev–Trinajstić information content (AvgIpc) is 2.15. The van der Waals surface area contributed by atoms with E-state index in [0.717, 1.165) is 6.07 Å². The molecule has 0 fully saturated rings. The summed E-state index contributed by atoms with van der Waals surface area (Å²) >= 11 is 0. The quantitative estimate of drug-likeness (QED) is 0.658. The number of halogens is 3. The number of nitrogens with zero attached hydrogens (tertiary/aromatic N) is 1. The maximum absolute atomic E-state index is 12.3. The molecule has 1 aromatic carbocycles. The van der Waals surface area contributed by atoms with Crippen molar-refractivity contribution in [2.45, 2.75) is 12.6 Å². The molecule has 0 spiro atoms. The van der Waals surface area contributed by atoms with E-state index >= 15 is 0 Å². The SMILES string of the molecule is O=C(O)Cc1ccc(C(F)(F)F)cc1[N+](=O)[O-]. The molecule has 92 valence electrons. The van der Waals surface area contributed by atoms with Gasteiger partial charge in [0.05, 0.1) is 16.9 Å². The average molecular weight is 249 g/mol. The summed E-state index contributed by atoms with van der Waals surface area (Å²) in [6.07, 6.45) is -5.40. The van der Waals surface area contributed by atoms with Crippen molar-refractivity contribution in [3.63, 3.8) is 0 Å². The molecule has 0 heterocycles. The predicted molar refractivity (Wildman–Crippen MR) is 49.4 cm³/mol. The van der Waals surface area contributed by atoms with Crippen molar-refractivity contribution in [3.8, 4) is 0 Å².